The van der Waals surface area contributed by atoms with Crippen molar-refractivity contribution < 1.29 is 19.5 Å². The van der Waals surface area contributed by atoms with Gasteiger partial charge in [0.2, 0.25) is 5.91 Å². The number of carboxylic acid groups (broad SMARTS) is 1. The Hall–Kier alpha value is -2.02. The third-order valence-electron chi connectivity index (χ3n) is 3.65. The van der Waals surface area contributed by atoms with Crippen LogP contribution < -0.4 is 5.32 Å². The van der Waals surface area contributed by atoms with Gasteiger partial charge in [-0.25, -0.2) is 4.79 Å². The summed E-state index contributed by atoms with van der Waals surface area (Å²) in [6.07, 6.45) is 0.259. The van der Waals surface area contributed by atoms with E-state index in [1.54, 1.807) is 18.2 Å². The summed E-state index contributed by atoms with van der Waals surface area (Å²) in [5.74, 6) is -0.210. The molecule has 0 radical (unpaired) electrons. The van der Waals surface area contributed by atoms with E-state index in [-0.39, 0.29) is 18.2 Å². The molecule has 21 heavy (non-hydrogen) atoms. The van der Waals surface area contributed by atoms with E-state index in [0.29, 0.717) is 17.9 Å². The van der Waals surface area contributed by atoms with Crippen LogP contribution in [0.1, 0.15) is 15.9 Å². The lowest BCUT2D eigenvalue weighted by Crippen LogP contribution is -2.50. The number of hydrogen-bond acceptors (Lipinski definition) is 4. The number of thioether (sulfide) groups is 1. The molecule has 2 heterocycles. The Labute approximate surface area is 125 Å². The topological polar surface area (TPSA) is 86.7 Å². The smallest absolute Gasteiger partial charge is 0.327 e. The molecular formula is C14H14N2O4S. The van der Waals surface area contributed by atoms with Crippen LogP contribution in [0.3, 0.4) is 0 Å². The van der Waals surface area contributed by atoms with Gasteiger partial charge in [0, 0.05) is 29.3 Å². The second-order valence-corrected chi connectivity index (χ2v) is 6.17. The third-order valence-corrected chi connectivity index (χ3v) is 4.67. The van der Waals surface area contributed by atoms with Gasteiger partial charge in [-0.05, 0) is 23.8 Å². The SMILES string of the molecule is O=C1Cc2cc(C(=O)N3CCSCC3C(=O)O)ccc2N1. The monoisotopic (exact) mass is 306 g/mol. The molecule has 0 bridgehead atoms. The Kier molecular flexibility index (Phi) is 3.59. The van der Waals surface area contributed by atoms with Crippen LogP contribution in [0.4, 0.5) is 5.69 Å². The van der Waals surface area contributed by atoms with Crippen LogP contribution in [-0.4, -0.2) is 51.9 Å². The molecule has 6 nitrogen and oxygen atoms in total. The van der Waals surface area contributed by atoms with E-state index in [2.05, 4.69) is 5.32 Å². The van der Waals surface area contributed by atoms with Gasteiger partial charge in [-0.2, -0.15) is 11.8 Å². The minimum Gasteiger partial charge on any atom is -0.480 e. The van der Waals surface area contributed by atoms with Gasteiger partial charge in [-0.15, -0.1) is 0 Å². The molecule has 0 aliphatic carbocycles. The normalized spacial score (nSPS) is 20.9. The zero-order valence-corrected chi connectivity index (χ0v) is 12.0. The molecule has 0 spiro atoms. The van der Waals surface area contributed by atoms with Crippen molar-refractivity contribution in [2.45, 2.75) is 12.5 Å². The molecule has 1 unspecified atom stereocenters. The summed E-state index contributed by atoms with van der Waals surface area (Å²) < 4.78 is 0. The number of carbonyl (C=O) groups is 3. The fraction of sp³-hybridized carbons (Fsp3) is 0.357. The highest BCUT2D eigenvalue weighted by molar-refractivity contribution is 7.99. The number of amides is 2. The fourth-order valence-electron chi connectivity index (χ4n) is 2.58. The molecule has 3 rings (SSSR count). The molecule has 2 aliphatic heterocycles. The molecule has 0 saturated carbocycles. The summed E-state index contributed by atoms with van der Waals surface area (Å²) in [5.41, 5.74) is 1.94. The van der Waals surface area contributed by atoms with Crippen molar-refractivity contribution in [2.75, 3.05) is 23.4 Å². The molecule has 7 heteroatoms. The van der Waals surface area contributed by atoms with Crippen LogP contribution in [-0.2, 0) is 16.0 Å². The van der Waals surface area contributed by atoms with Gasteiger partial charge in [0.05, 0.1) is 6.42 Å². The second-order valence-electron chi connectivity index (χ2n) is 5.02. The molecule has 1 aromatic carbocycles. The van der Waals surface area contributed by atoms with Crippen molar-refractivity contribution in [1.82, 2.24) is 4.90 Å². The van der Waals surface area contributed by atoms with Crippen molar-refractivity contribution in [1.29, 1.82) is 0 Å². The first-order valence-corrected chi connectivity index (χ1v) is 7.76. The van der Waals surface area contributed by atoms with Crippen LogP contribution in [0.5, 0.6) is 0 Å². The zero-order chi connectivity index (χ0) is 15.0. The number of fused-ring (bicyclic) bond motifs is 1. The number of benzene rings is 1. The predicted molar refractivity (Wildman–Crippen MR) is 78.6 cm³/mol. The van der Waals surface area contributed by atoms with Crippen molar-refractivity contribution in [3.05, 3.63) is 29.3 Å². The Morgan fingerprint density at radius 1 is 1.38 bits per heavy atom. The number of aliphatic carboxylic acids is 1. The first-order chi connectivity index (χ1) is 10.1. The summed E-state index contributed by atoms with van der Waals surface area (Å²) in [7, 11) is 0. The zero-order valence-electron chi connectivity index (χ0n) is 11.2. The minimum absolute atomic E-state index is 0.0904. The average Bonchev–Trinajstić information content (AvgIpc) is 2.85. The quantitative estimate of drug-likeness (QED) is 0.845. The molecule has 1 atom stereocenters. The number of rotatable bonds is 2. The first-order valence-electron chi connectivity index (χ1n) is 6.60. The Morgan fingerprint density at radius 3 is 2.95 bits per heavy atom. The van der Waals surface area contributed by atoms with E-state index in [0.717, 1.165) is 17.0 Å². The van der Waals surface area contributed by atoms with Crippen LogP contribution in [0.2, 0.25) is 0 Å². The summed E-state index contributed by atoms with van der Waals surface area (Å²) in [5, 5.41) is 11.9. The maximum atomic E-state index is 12.5. The molecule has 1 saturated heterocycles. The van der Waals surface area contributed by atoms with E-state index in [9.17, 15) is 19.5 Å². The first kappa shape index (κ1) is 13.9. The molecule has 0 aromatic heterocycles. The Bertz CT molecular complexity index is 631. The lowest BCUT2D eigenvalue weighted by atomic mass is 10.1. The van der Waals surface area contributed by atoms with Gasteiger partial charge >= 0.3 is 5.97 Å². The highest BCUT2D eigenvalue weighted by Gasteiger charge is 2.33. The van der Waals surface area contributed by atoms with Gasteiger partial charge in [0.25, 0.3) is 5.91 Å². The second kappa shape index (κ2) is 5.40. The van der Waals surface area contributed by atoms with Crippen LogP contribution in [0.15, 0.2) is 18.2 Å². The molecule has 1 aromatic rings. The van der Waals surface area contributed by atoms with Crippen LogP contribution >= 0.6 is 11.8 Å². The largest absolute Gasteiger partial charge is 0.480 e. The number of nitrogens with zero attached hydrogens (tertiary/aromatic N) is 1. The van der Waals surface area contributed by atoms with Gasteiger partial charge in [-0.3, -0.25) is 9.59 Å². The van der Waals surface area contributed by atoms with Crippen LogP contribution in [0.25, 0.3) is 0 Å². The van der Waals surface area contributed by atoms with Crippen molar-refractivity contribution in [2.24, 2.45) is 0 Å². The van der Waals surface area contributed by atoms with Gasteiger partial charge < -0.3 is 15.3 Å². The molecule has 1 fully saturated rings. The number of anilines is 1. The van der Waals surface area contributed by atoms with Crippen LogP contribution in [0, 0.1) is 0 Å². The van der Waals surface area contributed by atoms with Crippen molar-refractivity contribution in [3.63, 3.8) is 0 Å². The summed E-state index contributed by atoms with van der Waals surface area (Å²) in [4.78, 5) is 36.6. The third kappa shape index (κ3) is 2.61. The Balaban J connectivity index is 1.86. The number of carboxylic acids is 1. The van der Waals surface area contributed by atoms with Crippen molar-refractivity contribution in [3.8, 4) is 0 Å². The lowest BCUT2D eigenvalue weighted by molar-refractivity contribution is -0.141. The van der Waals surface area contributed by atoms with E-state index in [1.165, 1.54) is 16.7 Å². The fourth-order valence-corrected chi connectivity index (χ4v) is 3.62. The molecule has 2 N–H and O–H groups in total. The van der Waals surface area contributed by atoms with Gasteiger partial charge in [0.1, 0.15) is 6.04 Å². The maximum absolute atomic E-state index is 12.5. The maximum Gasteiger partial charge on any atom is 0.327 e. The molecule has 110 valence electrons. The number of carbonyl (C=O) groups excluding carboxylic acids is 2. The van der Waals surface area contributed by atoms with E-state index < -0.39 is 12.0 Å². The highest BCUT2D eigenvalue weighted by atomic mass is 32.2. The predicted octanol–water partition coefficient (Wildman–Crippen LogP) is 0.823. The summed E-state index contributed by atoms with van der Waals surface area (Å²) in [6.45, 7) is 0.425. The Morgan fingerprint density at radius 2 is 2.19 bits per heavy atom. The van der Waals surface area contributed by atoms with Gasteiger partial charge in [0.15, 0.2) is 0 Å². The molecular weight excluding hydrogens is 292 g/mol. The van der Waals surface area contributed by atoms with E-state index in [4.69, 9.17) is 0 Å². The standard InChI is InChI=1S/C14H14N2O4S/c17-12-6-9-5-8(1-2-10(9)15-12)13(18)16-3-4-21-7-11(16)14(19)20/h1-2,5,11H,3-4,6-7H2,(H,15,17)(H,19,20). The van der Waals surface area contributed by atoms with Crippen molar-refractivity contribution >= 4 is 35.2 Å². The van der Waals surface area contributed by atoms with E-state index in [1.807, 2.05) is 0 Å². The minimum atomic E-state index is -0.978. The summed E-state index contributed by atoms with van der Waals surface area (Å²) >= 11 is 1.54. The van der Waals surface area contributed by atoms with Gasteiger partial charge in [-0.1, -0.05) is 0 Å². The summed E-state index contributed by atoms with van der Waals surface area (Å²) in [6, 6.07) is 4.22. The van der Waals surface area contributed by atoms with E-state index >= 15 is 0 Å². The number of nitrogens with one attached hydrogen (secondary N) is 1. The number of hydrogen-bond donors (Lipinski definition) is 2. The highest BCUT2D eigenvalue weighted by Crippen LogP contribution is 2.26. The average molecular weight is 306 g/mol. The molecule has 2 aliphatic rings. The lowest BCUT2D eigenvalue weighted by Gasteiger charge is -2.32. The molecule has 2 amide bonds.